The van der Waals surface area contributed by atoms with E-state index in [0.717, 1.165) is 4.42 Å². The van der Waals surface area contributed by atoms with Crippen LogP contribution < -0.4 is 4.42 Å². The summed E-state index contributed by atoms with van der Waals surface area (Å²) in [5.74, 6) is -0.283. The van der Waals surface area contributed by atoms with E-state index < -0.39 is 0 Å². The lowest BCUT2D eigenvalue weighted by Crippen LogP contribution is -2.20. The van der Waals surface area contributed by atoms with Crippen molar-refractivity contribution in [3.8, 4) is 0 Å². The molecule has 0 bridgehead atoms. The summed E-state index contributed by atoms with van der Waals surface area (Å²) in [6.07, 6.45) is 0. The molecule has 0 aliphatic heterocycles. The van der Waals surface area contributed by atoms with E-state index in [0.29, 0.717) is 16.3 Å². The second-order valence-corrected chi connectivity index (χ2v) is 4.21. The van der Waals surface area contributed by atoms with Crippen molar-refractivity contribution in [1.29, 1.82) is 0 Å². The van der Waals surface area contributed by atoms with Crippen LogP contribution in [0.25, 0.3) is 0 Å². The van der Waals surface area contributed by atoms with Gasteiger partial charge in [-0.25, -0.2) is 4.42 Å². The second kappa shape index (κ2) is 5.21. The number of hydrogen-bond acceptors (Lipinski definition) is 1. The zero-order valence-corrected chi connectivity index (χ0v) is 10.3. The maximum Gasteiger partial charge on any atom is 0.272 e. The molecule has 0 atom stereocenters. The number of amides is 1. The predicted octanol–water partition coefficient (Wildman–Crippen LogP) is 4.14. The third-order valence-electron chi connectivity index (χ3n) is 2.23. The Morgan fingerprint density at radius 3 is 2.35 bits per heavy atom. The molecule has 2 aromatic carbocycles. The Morgan fingerprint density at radius 2 is 1.71 bits per heavy atom. The summed E-state index contributed by atoms with van der Waals surface area (Å²) >= 11 is 11.8. The van der Waals surface area contributed by atoms with Crippen molar-refractivity contribution in [2.24, 2.45) is 0 Å². The maximum atomic E-state index is 12.0. The minimum atomic E-state index is -0.283. The largest absolute Gasteiger partial charge is 0.272 e. The van der Waals surface area contributed by atoms with Crippen LogP contribution in [0, 0.1) is 0 Å². The van der Waals surface area contributed by atoms with Crippen LogP contribution in [0.2, 0.25) is 5.02 Å². The summed E-state index contributed by atoms with van der Waals surface area (Å²) in [6.45, 7) is 0. The molecule has 0 aliphatic carbocycles. The van der Waals surface area contributed by atoms with Crippen LogP contribution in [-0.2, 0) is 0 Å². The van der Waals surface area contributed by atoms with Crippen molar-refractivity contribution in [1.82, 2.24) is 0 Å². The summed E-state index contributed by atoms with van der Waals surface area (Å²) < 4.78 is 1.06. The molecule has 0 aliphatic rings. The summed E-state index contributed by atoms with van der Waals surface area (Å²) in [4.78, 5) is 12.0. The number of rotatable bonds is 2. The van der Waals surface area contributed by atoms with Crippen molar-refractivity contribution in [3.05, 3.63) is 65.2 Å². The third-order valence-corrected chi connectivity index (χ3v) is 2.82. The summed E-state index contributed by atoms with van der Waals surface area (Å²) in [5, 5.41) is 0.536. The Balaban J connectivity index is 2.27. The molecule has 4 heteroatoms. The molecule has 0 fully saturated rings. The second-order valence-electron chi connectivity index (χ2n) is 3.43. The average molecular weight is 266 g/mol. The molecule has 17 heavy (non-hydrogen) atoms. The highest BCUT2D eigenvalue weighted by atomic mass is 35.5. The van der Waals surface area contributed by atoms with E-state index >= 15 is 0 Å². The van der Waals surface area contributed by atoms with Crippen LogP contribution in [-0.4, -0.2) is 5.91 Å². The number of benzene rings is 2. The van der Waals surface area contributed by atoms with Crippen molar-refractivity contribution >= 4 is 35.0 Å². The quantitative estimate of drug-likeness (QED) is 0.748. The molecule has 1 amide bonds. The van der Waals surface area contributed by atoms with Gasteiger partial charge in [0.05, 0.1) is 5.69 Å². The van der Waals surface area contributed by atoms with E-state index in [9.17, 15) is 4.79 Å². The molecule has 0 N–H and O–H groups in total. The Kier molecular flexibility index (Phi) is 3.67. The zero-order chi connectivity index (χ0) is 12.3. The standard InChI is InChI=1S/C13H9Cl2NO/c14-11-7-4-8-12(9-11)16(15)13(17)10-5-2-1-3-6-10/h1-9H. The Hall–Kier alpha value is -1.51. The lowest BCUT2D eigenvalue weighted by molar-refractivity contribution is 0.101. The molecule has 2 aromatic rings. The van der Waals surface area contributed by atoms with E-state index in [1.807, 2.05) is 6.07 Å². The van der Waals surface area contributed by atoms with E-state index in [4.69, 9.17) is 23.4 Å². The Labute approximate surface area is 109 Å². The van der Waals surface area contributed by atoms with E-state index in [1.54, 1.807) is 48.5 Å². The van der Waals surface area contributed by atoms with Gasteiger partial charge in [0.15, 0.2) is 0 Å². The maximum absolute atomic E-state index is 12.0. The van der Waals surface area contributed by atoms with Gasteiger partial charge in [-0.1, -0.05) is 35.9 Å². The van der Waals surface area contributed by atoms with Crippen LogP contribution in [0.15, 0.2) is 54.6 Å². The number of anilines is 1. The van der Waals surface area contributed by atoms with Crippen molar-refractivity contribution < 1.29 is 4.79 Å². The first-order valence-electron chi connectivity index (χ1n) is 4.99. The monoisotopic (exact) mass is 265 g/mol. The minimum absolute atomic E-state index is 0.283. The summed E-state index contributed by atoms with van der Waals surface area (Å²) in [5.41, 5.74) is 1.08. The lowest BCUT2D eigenvalue weighted by atomic mass is 10.2. The first-order chi connectivity index (χ1) is 8.18. The van der Waals surface area contributed by atoms with Crippen molar-refractivity contribution in [3.63, 3.8) is 0 Å². The first-order valence-corrected chi connectivity index (χ1v) is 5.71. The number of hydrogen-bond donors (Lipinski definition) is 0. The fourth-order valence-corrected chi connectivity index (χ4v) is 1.80. The van der Waals surface area contributed by atoms with Gasteiger partial charge in [-0.2, -0.15) is 0 Å². The van der Waals surface area contributed by atoms with Gasteiger partial charge in [-0.05, 0) is 30.3 Å². The molecular weight excluding hydrogens is 257 g/mol. The van der Waals surface area contributed by atoms with Crippen LogP contribution in [0.1, 0.15) is 10.4 Å². The van der Waals surface area contributed by atoms with Crippen LogP contribution >= 0.6 is 23.4 Å². The first kappa shape index (κ1) is 12.0. The molecular formula is C13H9Cl2NO. The molecule has 0 unspecified atom stereocenters. The highest BCUT2D eigenvalue weighted by Crippen LogP contribution is 2.22. The van der Waals surface area contributed by atoms with Crippen molar-refractivity contribution in [2.45, 2.75) is 0 Å². The number of halogens is 2. The smallest absolute Gasteiger partial charge is 0.267 e. The predicted molar refractivity (Wildman–Crippen MR) is 70.6 cm³/mol. The van der Waals surface area contributed by atoms with Crippen LogP contribution in [0.3, 0.4) is 0 Å². The van der Waals surface area contributed by atoms with Crippen LogP contribution in [0.4, 0.5) is 5.69 Å². The van der Waals surface area contributed by atoms with Gasteiger partial charge in [0.1, 0.15) is 0 Å². The number of carbonyl (C=O) groups excluding carboxylic acids is 1. The third kappa shape index (κ3) is 2.78. The SMILES string of the molecule is O=C(c1ccccc1)N(Cl)c1cccc(Cl)c1. The molecule has 86 valence electrons. The summed E-state index contributed by atoms with van der Waals surface area (Å²) in [7, 11) is 0. The molecule has 2 nitrogen and oxygen atoms in total. The molecule has 0 spiro atoms. The Morgan fingerprint density at radius 1 is 1.00 bits per heavy atom. The van der Waals surface area contributed by atoms with Crippen LogP contribution in [0.5, 0.6) is 0 Å². The molecule has 0 heterocycles. The normalized spacial score (nSPS) is 10.0. The van der Waals surface area contributed by atoms with Gasteiger partial charge in [0, 0.05) is 22.4 Å². The van der Waals surface area contributed by atoms with Gasteiger partial charge in [-0.3, -0.25) is 4.79 Å². The molecule has 0 saturated carbocycles. The molecule has 0 saturated heterocycles. The topological polar surface area (TPSA) is 20.3 Å². The Bertz CT molecular complexity index is 528. The molecule has 0 aromatic heterocycles. The van der Waals surface area contributed by atoms with E-state index in [1.165, 1.54) is 0 Å². The van der Waals surface area contributed by atoms with Gasteiger partial charge >= 0.3 is 0 Å². The highest BCUT2D eigenvalue weighted by Gasteiger charge is 2.15. The fraction of sp³-hybridized carbons (Fsp3) is 0. The lowest BCUT2D eigenvalue weighted by Gasteiger charge is -2.14. The average Bonchev–Trinajstić information content (AvgIpc) is 2.38. The van der Waals surface area contributed by atoms with Gasteiger partial charge in [0.25, 0.3) is 5.91 Å². The molecule has 0 radical (unpaired) electrons. The van der Waals surface area contributed by atoms with Gasteiger partial charge < -0.3 is 0 Å². The number of carbonyl (C=O) groups is 1. The van der Waals surface area contributed by atoms with Gasteiger partial charge in [0.2, 0.25) is 0 Å². The molecule has 2 rings (SSSR count). The fourth-order valence-electron chi connectivity index (χ4n) is 1.41. The van der Waals surface area contributed by atoms with Gasteiger partial charge in [-0.15, -0.1) is 0 Å². The van der Waals surface area contributed by atoms with Crippen molar-refractivity contribution in [2.75, 3.05) is 4.42 Å². The summed E-state index contributed by atoms with van der Waals surface area (Å²) in [6, 6.07) is 15.7. The highest BCUT2D eigenvalue weighted by molar-refractivity contribution is 6.39. The zero-order valence-electron chi connectivity index (χ0n) is 8.81. The number of nitrogens with zero attached hydrogens (tertiary/aromatic N) is 1. The minimum Gasteiger partial charge on any atom is -0.267 e. The van der Waals surface area contributed by atoms with E-state index in [-0.39, 0.29) is 5.91 Å². The van der Waals surface area contributed by atoms with E-state index in [2.05, 4.69) is 0 Å².